The molecule has 0 aliphatic rings. The minimum atomic E-state index is -0.329. The van der Waals surface area contributed by atoms with Crippen LogP contribution in [0.2, 0.25) is 0 Å². The van der Waals surface area contributed by atoms with Gasteiger partial charge in [-0.3, -0.25) is 4.79 Å². The number of benzene rings is 2. The number of carbonyl (C=O) groups is 1. The molecule has 0 bridgehead atoms. The number of amides is 1. The second-order valence-electron chi connectivity index (χ2n) is 4.94. The highest BCUT2D eigenvalue weighted by molar-refractivity contribution is 8.00. The second-order valence-corrected chi connectivity index (χ2v) is 6.99. The van der Waals surface area contributed by atoms with Gasteiger partial charge in [0.1, 0.15) is 10.8 Å². The number of halogens is 1. The summed E-state index contributed by atoms with van der Waals surface area (Å²) in [5.41, 5.74) is 4.04. The zero-order chi connectivity index (χ0) is 16.9. The van der Waals surface area contributed by atoms with Crippen LogP contribution in [0.4, 0.5) is 4.39 Å². The van der Waals surface area contributed by atoms with Gasteiger partial charge >= 0.3 is 0 Å². The van der Waals surface area contributed by atoms with Crippen LogP contribution in [-0.4, -0.2) is 22.4 Å². The molecule has 0 spiro atoms. The Morgan fingerprint density at radius 2 is 2.00 bits per heavy atom. The van der Waals surface area contributed by atoms with E-state index in [2.05, 4.69) is 15.5 Å². The number of thiazole rings is 1. The molecule has 7 heteroatoms. The molecule has 1 amide bonds. The Morgan fingerprint density at radius 1 is 1.25 bits per heavy atom. The Hall–Kier alpha value is -2.25. The van der Waals surface area contributed by atoms with Gasteiger partial charge in [-0.2, -0.15) is 5.10 Å². The summed E-state index contributed by atoms with van der Waals surface area (Å²) >= 11 is 2.66. The van der Waals surface area contributed by atoms with Crippen molar-refractivity contribution in [3.05, 3.63) is 59.4 Å². The van der Waals surface area contributed by atoms with Crippen molar-refractivity contribution in [2.24, 2.45) is 5.10 Å². The van der Waals surface area contributed by atoms with Crippen molar-refractivity contribution < 1.29 is 9.18 Å². The van der Waals surface area contributed by atoms with Crippen molar-refractivity contribution in [1.29, 1.82) is 0 Å². The number of hydrazone groups is 1. The number of para-hydroxylation sites is 1. The maximum Gasteiger partial charge on any atom is 0.250 e. The number of hydrogen-bond acceptors (Lipinski definition) is 5. The molecule has 0 atom stereocenters. The zero-order valence-corrected chi connectivity index (χ0v) is 14.5. The van der Waals surface area contributed by atoms with Crippen molar-refractivity contribution in [2.75, 3.05) is 5.75 Å². The number of nitrogens with zero attached hydrogens (tertiary/aromatic N) is 2. The predicted molar refractivity (Wildman–Crippen MR) is 97.1 cm³/mol. The molecule has 0 aliphatic heterocycles. The SMILES string of the molecule is C/C(=N/NC(=O)CSc1ccccc1F)c1nc2ccccc2s1. The average Bonchev–Trinajstić information content (AvgIpc) is 3.03. The molecule has 1 aromatic heterocycles. The van der Waals surface area contributed by atoms with Crippen molar-refractivity contribution in [3.63, 3.8) is 0 Å². The van der Waals surface area contributed by atoms with E-state index >= 15 is 0 Å². The van der Waals surface area contributed by atoms with Crippen LogP contribution in [0.15, 0.2) is 58.5 Å². The van der Waals surface area contributed by atoms with Crippen LogP contribution in [0.3, 0.4) is 0 Å². The zero-order valence-electron chi connectivity index (χ0n) is 12.8. The number of carbonyl (C=O) groups excluding carboxylic acids is 1. The van der Waals surface area contributed by atoms with Crippen molar-refractivity contribution in [1.82, 2.24) is 10.4 Å². The predicted octanol–water partition coefficient (Wildman–Crippen LogP) is 4.07. The van der Waals surface area contributed by atoms with Crippen molar-refractivity contribution in [2.45, 2.75) is 11.8 Å². The molecule has 0 saturated carbocycles. The molecule has 0 saturated heterocycles. The van der Waals surface area contributed by atoms with E-state index in [1.54, 1.807) is 25.1 Å². The fraction of sp³-hybridized carbons (Fsp3) is 0.118. The monoisotopic (exact) mass is 359 g/mol. The fourth-order valence-electron chi connectivity index (χ4n) is 1.96. The van der Waals surface area contributed by atoms with E-state index in [1.165, 1.54) is 17.4 Å². The van der Waals surface area contributed by atoms with Gasteiger partial charge in [0, 0.05) is 4.90 Å². The standard InChI is InChI=1S/C17H14FN3OS2/c1-11(17-19-13-7-3-5-9-15(13)24-17)20-21-16(22)10-23-14-8-4-2-6-12(14)18/h2-9H,10H2,1H3,(H,21,22)/b20-11-. The van der Waals surface area contributed by atoms with Crippen LogP contribution in [-0.2, 0) is 4.79 Å². The topological polar surface area (TPSA) is 54.4 Å². The third-order valence-corrected chi connectivity index (χ3v) is 5.34. The van der Waals surface area contributed by atoms with E-state index in [4.69, 9.17) is 0 Å². The Morgan fingerprint density at radius 3 is 2.79 bits per heavy atom. The summed E-state index contributed by atoms with van der Waals surface area (Å²) in [6.07, 6.45) is 0. The Balaban J connectivity index is 1.60. The third-order valence-electron chi connectivity index (χ3n) is 3.15. The summed E-state index contributed by atoms with van der Waals surface area (Å²) in [7, 11) is 0. The first-order valence-corrected chi connectivity index (χ1v) is 9.00. The lowest BCUT2D eigenvalue weighted by molar-refractivity contribution is -0.118. The first kappa shape index (κ1) is 16.6. The van der Waals surface area contributed by atoms with Crippen LogP contribution in [0.1, 0.15) is 11.9 Å². The molecule has 1 N–H and O–H groups in total. The summed E-state index contributed by atoms with van der Waals surface area (Å²) in [5.74, 6) is -0.523. The molecule has 0 aliphatic carbocycles. The molecule has 2 aromatic carbocycles. The van der Waals surface area contributed by atoms with E-state index in [1.807, 2.05) is 24.3 Å². The van der Waals surface area contributed by atoms with E-state index in [0.29, 0.717) is 10.6 Å². The van der Waals surface area contributed by atoms with Crippen LogP contribution in [0.25, 0.3) is 10.2 Å². The minimum absolute atomic E-state index is 0.0948. The quantitative estimate of drug-likeness (QED) is 0.424. The lowest BCUT2D eigenvalue weighted by Gasteiger charge is -2.02. The minimum Gasteiger partial charge on any atom is -0.272 e. The van der Waals surface area contributed by atoms with E-state index < -0.39 is 0 Å². The molecule has 122 valence electrons. The first-order chi connectivity index (χ1) is 11.6. The van der Waals surface area contributed by atoms with Gasteiger partial charge in [0.2, 0.25) is 5.91 Å². The number of hydrogen-bond donors (Lipinski definition) is 1. The van der Waals surface area contributed by atoms with Crippen LogP contribution in [0, 0.1) is 5.82 Å². The molecule has 3 rings (SSSR count). The third kappa shape index (κ3) is 3.98. The van der Waals surface area contributed by atoms with Gasteiger partial charge in [-0.05, 0) is 31.2 Å². The van der Waals surface area contributed by atoms with E-state index in [9.17, 15) is 9.18 Å². The summed E-state index contributed by atoms with van der Waals surface area (Å²) < 4.78 is 14.6. The molecular formula is C17H14FN3OS2. The summed E-state index contributed by atoms with van der Waals surface area (Å²) in [4.78, 5) is 16.8. The molecule has 0 unspecified atom stereocenters. The highest BCUT2D eigenvalue weighted by atomic mass is 32.2. The maximum absolute atomic E-state index is 13.5. The summed E-state index contributed by atoms with van der Waals surface area (Å²) in [6.45, 7) is 1.79. The number of fused-ring (bicyclic) bond motifs is 1. The number of nitrogens with one attached hydrogen (secondary N) is 1. The average molecular weight is 359 g/mol. The largest absolute Gasteiger partial charge is 0.272 e. The van der Waals surface area contributed by atoms with Gasteiger partial charge in [-0.25, -0.2) is 14.8 Å². The Bertz CT molecular complexity index is 874. The lowest BCUT2D eigenvalue weighted by Crippen LogP contribution is -2.21. The molecule has 4 nitrogen and oxygen atoms in total. The van der Waals surface area contributed by atoms with Gasteiger partial charge in [0.15, 0.2) is 0 Å². The van der Waals surface area contributed by atoms with Crippen LogP contribution < -0.4 is 5.43 Å². The van der Waals surface area contributed by atoms with Crippen LogP contribution in [0.5, 0.6) is 0 Å². The second kappa shape index (κ2) is 7.55. The van der Waals surface area contributed by atoms with Crippen LogP contribution >= 0.6 is 23.1 Å². The molecule has 3 aromatic rings. The summed E-state index contributed by atoms with van der Waals surface area (Å²) in [6, 6.07) is 14.2. The van der Waals surface area contributed by atoms with Gasteiger partial charge in [0.25, 0.3) is 0 Å². The van der Waals surface area contributed by atoms with Gasteiger partial charge in [-0.15, -0.1) is 23.1 Å². The lowest BCUT2D eigenvalue weighted by atomic mass is 10.3. The molecule has 1 heterocycles. The Kier molecular flexibility index (Phi) is 5.22. The number of aromatic nitrogens is 1. The fourth-order valence-corrected chi connectivity index (χ4v) is 3.60. The Labute approximate surface area is 146 Å². The van der Waals surface area contributed by atoms with Gasteiger partial charge < -0.3 is 0 Å². The first-order valence-electron chi connectivity index (χ1n) is 7.20. The van der Waals surface area contributed by atoms with E-state index in [-0.39, 0.29) is 17.5 Å². The number of thioether (sulfide) groups is 1. The van der Waals surface area contributed by atoms with Crippen molar-refractivity contribution in [3.8, 4) is 0 Å². The molecule has 24 heavy (non-hydrogen) atoms. The molecule has 0 radical (unpaired) electrons. The maximum atomic E-state index is 13.5. The van der Waals surface area contributed by atoms with E-state index in [0.717, 1.165) is 27.0 Å². The van der Waals surface area contributed by atoms with Gasteiger partial charge in [-0.1, -0.05) is 24.3 Å². The van der Waals surface area contributed by atoms with Crippen molar-refractivity contribution >= 4 is 44.9 Å². The number of rotatable bonds is 5. The molecular weight excluding hydrogens is 345 g/mol. The van der Waals surface area contributed by atoms with Gasteiger partial charge in [0.05, 0.1) is 21.7 Å². The highest BCUT2D eigenvalue weighted by Gasteiger charge is 2.08. The highest BCUT2D eigenvalue weighted by Crippen LogP contribution is 2.22. The summed E-state index contributed by atoms with van der Waals surface area (Å²) in [5, 5.41) is 4.84. The smallest absolute Gasteiger partial charge is 0.250 e. The molecule has 0 fully saturated rings. The normalized spacial score (nSPS) is 11.7.